The molecule has 0 atom stereocenters. The minimum atomic E-state index is -3.00. The second-order valence-electron chi connectivity index (χ2n) is 2.29. The van der Waals surface area contributed by atoms with Gasteiger partial charge in [0.2, 0.25) is 10.0 Å². The molecule has 0 amide bonds. The van der Waals surface area contributed by atoms with Crippen LogP contribution in [0.5, 0.6) is 0 Å². The molecule has 0 aromatic carbocycles. The van der Waals surface area contributed by atoms with E-state index in [1.54, 1.807) is 0 Å². The molecule has 0 fully saturated rings. The van der Waals surface area contributed by atoms with Gasteiger partial charge in [0, 0.05) is 12.3 Å². The summed E-state index contributed by atoms with van der Waals surface area (Å²) in [5.41, 5.74) is 0. The van der Waals surface area contributed by atoms with Crippen LogP contribution in [-0.4, -0.2) is 26.5 Å². The lowest BCUT2D eigenvalue weighted by Gasteiger charge is -2.02. The lowest BCUT2D eigenvalue weighted by atomic mass is 10.4. The molecule has 0 bridgehead atoms. The third kappa shape index (κ3) is 6.65. The number of sulfonamides is 1. The van der Waals surface area contributed by atoms with Crippen molar-refractivity contribution in [2.75, 3.05) is 18.1 Å². The minimum Gasteiger partial charge on any atom is -0.214 e. The number of rotatable bonds is 6. The topological polar surface area (TPSA) is 46.2 Å². The zero-order valence-corrected chi connectivity index (χ0v) is 8.42. The third-order valence-corrected chi connectivity index (χ3v) is 2.89. The van der Waals surface area contributed by atoms with Crippen LogP contribution in [0.2, 0.25) is 0 Å². The molecule has 0 aliphatic carbocycles. The Labute approximate surface area is 74.0 Å². The number of thiol groups is 1. The van der Waals surface area contributed by atoms with Gasteiger partial charge in [-0.2, -0.15) is 12.6 Å². The fourth-order valence-electron chi connectivity index (χ4n) is 0.608. The molecule has 5 heteroatoms. The molecular weight excluding hydrogens is 182 g/mol. The van der Waals surface area contributed by atoms with Crippen molar-refractivity contribution in [3.8, 4) is 0 Å². The summed E-state index contributed by atoms with van der Waals surface area (Å²) in [6.45, 7) is 2.39. The van der Waals surface area contributed by atoms with Gasteiger partial charge < -0.3 is 0 Å². The van der Waals surface area contributed by atoms with Crippen LogP contribution in [0.15, 0.2) is 0 Å². The summed E-state index contributed by atoms with van der Waals surface area (Å²) >= 11 is 3.90. The van der Waals surface area contributed by atoms with E-state index in [2.05, 4.69) is 17.4 Å². The molecule has 3 nitrogen and oxygen atoms in total. The molecule has 68 valence electrons. The van der Waals surface area contributed by atoms with Crippen LogP contribution in [0.1, 0.15) is 19.8 Å². The SMILES string of the molecule is CCCCS(=O)(=O)NCCS. The van der Waals surface area contributed by atoms with E-state index in [1.165, 1.54) is 0 Å². The average Bonchev–Trinajstić information content (AvgIpc) is 1.97. The molecule has 0 radical (unpaired) electrons. The van der Waals surface area contributed by atoms with Gasteiger partial charge in [-0.1, -0.05) is 13.3 Å². The van der Waals surface area contributed by atoms with Gasteiger partial charge in [0.15, 0.2) is 0 Å². The normalized spacial score (nSPS) is 11.8. The van der Waals surface area contributed by atoms with Crippen LogP contribution in [0, 0.1) is 0 Å². The van der Waals surface area contributed by atoms with Crippen molar-refractivity contribution in [2.45, 2.75) is 19.8 Å². The highest BCUT2D eigenvalue weighted by molar-refractivity contribution is 7.89. The zero-order valence-electron chi connectivity index (χ0n) is 6.71. The molecule has 11 heavy (non-hydrogen) atoms. The minimum absolute atomic E-state index is 0.233. The smallest absolute Gasteiger partial charge is 0.211 e. The number of hydrogen-bond donors (Lipinski definition) is 2. The quantitative estimate of drug-likeness (QED) is 0.614. The fourth-order valence-corrected chi connectivity index (χ4v) is 2.10. The van der Waals surface area contributed by atoms with Crippen molar-refractivity contribution >= 4 is 22.7 Å². The summed E-state index contributed by atoms with van der Waals surface area (Å²) < 4.78 is 24.4. The molecule has 0 saturated carbocycles. The fraction of sp³-hybridized carbons (Fsp3) is 1.00. The molecule has 0 aliphatic rings. The standard InChI is InChI=1S/C6H15NO2S2/c1-2-3-6-11(8,9)7-4-5-10/h7,10H,2-6H2,1H3. The highest BCUT2D eigenvalue weighted by atomic mass is 32.2. The van der Waals surface area contributed by atoms with E-state index < -0.39 is 10.0 Å². The predicted octanol–water partition coefficient (Wildman–Crippen LogP) is 0.636. The number of hydrogen-bond acceptors (Lipinski definition) is 3. The average molecular weight is 197 g/mol. The van der Waals surface area contributed by atoms with E-state index in [1.807, 2.05) is 6.92 Å². The maximum Gasteiger partial charge on any atom is 0.211 e. The maximum atomic E-state index is 11.0. The molecule has 1 N–H and O–H groups in total. The molecule has 0 saturated heterocycles. The van der Waals surface area contributed by atoms with Crippen LogP contribution in [0.4, 0.5) is 0 Å². The van der Waals surface area contributed by atoms with Crippen molar-refractivity contribution in [1.29, 1.82) is 0 Å². The first-order valence-electron chi connectivity index (χ1n) is 3.70. The highest BCUT2D eigenvalue weighted by Crippen LogP contribution is 1.92. The first-order valence-corrected chi connectivity index (χ1v) is 5.99. The van der Waals surface area contributed by atoms with Crippen molar-refractivity contribution < 1.29 is 8.42 Å². The molecule has 0 unspecified atom stereocenters. The summed E-state index contributed by atoms with van der Waals surface area (Å²) in [7, 11) is -3.00. The summed E-state index contributed by atoms with van der Waals surface area (Å²) in [6, 6.07) is 0. The van der Waals surface area contributed by atoms with Crippen LogP contribution < -0.4 is 4.72 Å². The highest BCUT2D eigenvalue weighted by Gasteiger charge is 2.06. The molecule has 0 heterocycles. The van der Waals surface area contributed by atoms with Crippen LogP contribution >= 0.6 is 12.6 Å². The summed E-state index contributed by atoms with van der Waals surface area (Å²) in [5, 5.41) is 0. The Balaban J connectivity index is 3.63. The Morgan fingerprint density at radius 2 is 2.09 bits per heavy atom. The monoisotopic (exact) mass is 197 g/mol. The lowest BCUT2D eigenvalue weighted by Crippen LogP contribution is -2.27. The van der Waals surface area contributed by atoms with Crippen LogP contribution in [0.25, 0.3) is 0 Å². The van der Waals surface area contributed by atoms with Gasteiger partial charge in [0.1, 0.15) is 0 Å². The van der Waals surface area contributed by atoms with E-state index in [0.29, 0.717) is 12.3 Å². The largest absolute Gasteiger partial charge is 0.214 e. The van der Waals surface area contributed by atoms with Crippen molar-refractivity contribution in [3.63, 3.8) is 0 Å². The lowest BCUT2D eigenvalue weighted by molar-refractivity contribution is 0.581. The number of nitrogens with one attached hydrogen (secondary N) is 1. The van der Waals surface area contributed by atoms with Crippen LogP contribution in [0.3, 0.4) is 0 Å². The van der Waals surface area contributed by atoms with Crippen molar-refractivity contribution in [3.05, 3.63) is 0 Å². The molecule has 0 aromatic rings. The van der Waals surface area contributed by atoms with E-state index in [4.69, 9.17) is 0 Å². The summed E-state index contributed by atoms with van der Waals surface area (Å²) in [5.74, 6) is 0.780. The van der Waals surface area contributed by atoms with Crippen molar-refractivity contribution in [1.82, 2.24) is 4.72 Å². The molecule has 0 aliphatic heterocycles. The van der Waals surface area contributed by atoms with E-state index >= 15 is 0 Å². The van der Waals surface area contributed by atoms with E-state index in [0.717, 1.165) is 12.8 Å². The second-order valence-corrected chi connectivity index (χ2v) is 4.66. The van der Waals surface area contributed by atoms with E-state index in [-0.39, 0.29) is 5.75 Å². The third-order valence-electron chi connectivity index (χ3n) is 1.20. The molecular formula is C6H15NO2S2. The van der Waals surface area contributed by atoms with E-state index in [9.17, 15) is 8.42 Å². The first-order chi connectivity index (χ1) is 5.12. The second kappa shape index (κ2) is 5.85. The Kier molecular flexibility index (Phi) is 5.99. The Morgan fingerprint density at radius 3 is 2.55 bits per heavy atom. The molecule has 0 rings (SSSR count). The zero-order chi connectivity index (χ0) is 8.74. The first kappa shape index (κ1) is 11.3. The predicted molar refractivity (Wildman–Crippen MR) is 50.6 cm³/mol. The van der Waals surface area contributed by atoms with Gasteiger partial charge in [-0.15, -0.1) is 0 Å². The Morgan fingerprint density at radius 1 is 1.45 bits per heavy atom. The summed E-state index contributed by atoms with van der Waals surface area (Å²) in [4.78, 5) is 0. The van der Waals surface area contributed by atoms with Gasteiger partial charge in [0.05, 0.1) is 5.75 Å². The summed E-state index contributed by atoms with van der Waals surface area (Å²) in [6.07, 6.45) is 1.63. The number of unbranched alkanes of at least 4 members (excludes halogenated alkanes) is 1. The Hall–Kier alpha value is 0.260. The maximum absolute atomic E-state index is 11.0. The molecule has 0 spiro atoms. The Bertz CT molecular complexity index is 163. The van der Waals surface area contributed by atoms with Gasteiger partial charge >= 0.3 is 0 Å². The van der Waals surface area contributed by atoms with Crippen molar-refractivity contribution in [2.24, 2.45) is 0 Å². The van der Waals surface area contributed by atoms with Gasteiger partial charge in [-0.05, 0) is 6.42 Å². The van der Waals surface area contributed by atoms with Gasteiger partial charge in [-0.25, -0.2) is 13.1 Å². The van der Waals surface area contributed by atoms with Gasteiger partial charge in [-0.3, -0.25) is 0 Å². The van der Waals surface area contributed by atoms with Gasteiger partial charge in [0.25, 0.3) is 0 Å². The van der Waals surface area contributed by atoms with Crippen LogP contribution in [-0.2, 0) is 10.0 Å². The molecule has 0 aromatic heterocycles.